The van der Waals surface area contributed by atoms with Gasteiger partial charge < -0.3 is 15.5 Å². The fourth-order valence-corrected chi connectivity index (χ4v) is 3.67. The topological polar surface area (TPSA) is 39.7 Å². The zero-order chi connectivity index (χ0) is 17.3. The Kier molecular flexibility index (Phi) is 6.92. The molecule has 1 fully saturated rings. The molecule has 2 N–H and O–H groups in total. The molecule has 4 nitrogen and oxygen atoms in total. The molecule has 1 unspecified atom stereocenters. The number of hydrogen-bond donors (Lipinski definition) is 2. The standard InChI is InChI=1S/C21H32N4/c1-2-22-21(24-20-10-6-7-11-20)23-16-19-13-15-25(17-19)14-12-18-8-4-3-5-9-18/h3-9,19-20H,2,10-17H2,1H3,(H2,22,23,24). The Hall–Kier alpha value is -1.81. The number of benzene rings is 1. The van der Waals surface area contributed by atoms with Crippen molar-refractivity contribution in [1.29, 1.82) is 0 Å². The molecule has 25 heavy (non-hydrogen) atoms. The summed E-state index contributed by atoms with van der Waals surface area (Å²) >= 11 is 0. The summed E-state index contributed by atoms with van der Waals surface area (Å²) in [5.41, 5.74) is 1.44. The fraction of sp³-hybridized carbons (Fsp3) is 0.571. The van der Waals surface area contributed by atoms with Crippen molar-refractivity contribution in [3.05, 3.63) is 48.0 Å². The van der Waals surface area contributed by atoms with Crippen LogP contribution in [-0.2, 0) is 6.42 Å². The highest BCUT2D eigenvalue weighted by Crippen LogP contribution is 2.17. The number of nitrogens with zero attached hydrogens (tertiary/aromatic N) is 2. The molecule has 2 aliphatic rings. The third kappa shape index (κ3) is 5.89. The molecule has 1 atom stereocenters. The molecule has 1 aliphatic carbocycles. The minimum absolute atomic E-state index is 0.517. The summed E-state index contributed by atoms with van der Waals surface area (Å²) in [6, 6.07) is 11.3. The molecule has 1 saturated heterocycles. The molecular formula is C21H32N4. The van der Waals surface area contributed by atoms with Crippen LogP contribution in [0.25, 0.3) is 0 Å². The summed E-state index contributed by atoms with van der Waals surface area (Å²) in [5.74, 6) is 1.67. The molecule has 1 aliphatic heterocycles. The van der Waals surface area contributed by atoms with Crippen LogP contribution >= 0.6 is 0 Å². The van der Waals surface area contributed by atoms with E-state index < -0.39 is 0 Å². The summed E-state index contributed by atoms with van der Waals surface area (Å²) < 4.78 is 0. The van der Waals surface area contributed by atoms with Crippen LogP contribution in [0.15, 0.2) is 47.5 Å². The summed E-state index contributed by atoms with van der Waals surface area (Å²) in [7, 11) is 0. The van der Waals surface area contributed by atoms with Crippen molar-refractivity contribution >= 4 is 5.96 Å². The van der Waals surface area contributed by atoms with Gasteiger partial charge in [0.05, 0.1) is 0 Å². The largest absolute Gasteiger partial charge is 0.357 e. The maximum Gasteiger partial charge on any atom is 0.191 e. The first-order chi connectivity index (χ1) is 12.3. The van der Waals surface area contributed by atoms with Crippen LogP contribution in [0.2, 0.25) is 0 Å². The fourth-order valence-electron chi connectivity index (χ4n) is 3.67. The van der Waals surface area contributed by atoms with Gasteiger partial charge in [-0.05, 0) is 50.6 Å². The van der Waals surface area contributed by atoms with E-state index in [9.17, 15) is 0 Å². The van der Waals surface area contributed by atoms with E-state index in [1.54, 1.807) is 0 Å². The molecule has 3 rings (SSSR count). The van der Waals surface area contributed by atoms with Crippen molar-refractivity contribution in [3.63, 3.8) is 0 Å². The molecule has 0 saturated carbocycles. The van der Waals surface area contributed by atoms with Gasteiger partial charge in [-0.25, -0.2) is 0 Å². The quantitative estimate of drug-likeness (QED) is 0.455. The second-order valence-corrected chi connectivity index (χ2v) is 7.19. The van der Waals surface area contributed by atoms with E-state index in [1.807, 2.05) is 0 Å². The first-order valence-electron chi connectivity index (χ1n) is 9.79. The zero-order valence-electron chi connectivity index (χ0n) is 15.5. The lowest BCUT2D eigenvalue weighted by Gasteiger charge is -2.18. The lowest BCUT2D eigenvalue weighted by molar-refractivity contribution is 0.329. The number of guanidine groups is 1. The SMILES string of the molecule is CCNC(=NCC1CCN(CCc2ccccc2)C1)NC1CC=CC1. The molecule has 0 bridgehead atoms. The summed E-state index contributed by atoms with van der Waals surface area (Å²) in [4.78, 5) is 7.44. The molecular weight excluding hydrogens is 308 g/mol. The van der Waals surface area contributed by atoms with Crippen LogP contribution < -0.4 is 10.6 Å². The Bertz CT molecular complexity index is 559. The van der Waals surface area contributed by atoms with Gasteiger partial charge in [0.1, 0.15) is 0 Å². The zero-order valence-corrected chi connectivity index (χ0v) is 15.5. The Morgan fingerprint density at radius 2 is 2.00 bits per heavy atom. The summed E-state index contributed by atoms with van der Waals surface area (Å²) in [5, 5.41) is 6.95. The molecule has 1 aromatic rings. The van der Waals surface area contributed by atoms with Gasteiger partial charge in [-0.2, -0.15) is 0 Å². The number of hydrogen-bond acceptors (Lipinski definition) is 2. The highest BCUT2D eigenvalue weighted by Gasteiger charge is 2.22. The van der Waals surface area contributed by atoms with Crippen LogP contribution in [-0.4, -0.2) is 49.6 Å². The second kappa shape index (κ2) is 9.62. The lowest BCUT2D eigenvalue weighted by atomic mass is 10.1. The molecule has 1 heterocycles. The lowest BCUT2D eigenvalue weighted by Crippen LogP contribution is -2.42. The van der Waals surface area contributed by atoms with Gasteiger partial charge in [-0.1, -0.05) is 42.5 Å². The van der Waals surface area contributed by atoms with E-state index in [0.29, 0.717) is 12.0 Å². The summed E-state index contributed by atoms with van der Waals surface area (Å²) in [6.45, 7) is 7.53. The predicted octanol–water partition coefficient (Wildman–Crippen LogP) is 2.82. The Morgan fingerprint density at radius 3 is 2.76 bits per heavy atom. The number of rotatable bonds is 7. The van der Waals surface area contributed by atoms with Gasteiger partial charge in [0, 0.05) is 32.2 Å². The molecule has 4 heteroatoms. The van der Waals surface area contributed by atoms with Crippen molar-refractivity contribution in [2.45, 2.75) is 38.6 Å². The van der Waals surface area contributed by atoms with Crippen molar-refractivity contribution in [1.82, 2.24) is 15.5 Å². The number of likely N-dealkylation sites (tertiary alicyclic amines) is 1. The minimum Gasteiger partial charge on any atom is -0.357 e. The van der Waals surface area contributed by atoms with Crippen LogP contribution in [0.1, 0.15) is 31.7 Å². The van der Waals surface area contributed by atoms with Crippen molar-refractivity contribution in [2.24, 2.45) is 10.9 Å². The van der Waals surface area contributed by atoms with Crippen molar-refractivity contribution < 1.29 is 0 Å². The Labute approximate surface area is 152 Å². The van der Waals surface area contributed by atoms with Gasteiger partial charge in [-0.3, -0.25) is 4.99 Å². The van der Waals surface area contributed by atoms with Crippen molar-refractivity contribution in [2.75, 3.05) is 32.7 Å². The molecule has 136 valence electrons. The predicted molar refractivity (Wildman–Crippen MR) is 106 cm³/mol. The molecule has 0 aromatic heterocycles. The third-order valence-electron chi connectivity index (χ3n) is 5.13. The minimum atomic E-state index is 0.517. The van der Waals surface area contributed by atoms with Crippen molar-refractivity contribution in [3.8, 4) is 0 Å². The highest BCUT2D eigenvalue weighted by atomic mass is 15.2. The highest BCUT2D eigenvalue weighted by molar-refractivity contribution is 5.80. The normalized spacial score (nSPS) is 21.8. The van der Waals surface area contributed by atoms with Gasteiger partial charge in [0.25, 0.3) is 0 Å². The monoisotopic (exact) mass is 340 g/mol. The van der Waals surface area contributed by atoms with Gasteiger partial charge in [-0.15, -0.1) is 0 Å². The first-order valence-corrected chi connectivity index (χ1v) is 9.79. The van der Waals surface area contributed by atoms with Gasteiger partial charge >= 0.3 is 0 Å². The van der Waals surface area contributed by atoms with E-state index in [0.717, 1.165) is 44.9 Å². The van der Waals surface area contributed by atoms with E-state index in [2.05, 4.69) is 64.9 Å². The average molecular weight is 341 g/mol. The van der Waals surface area contributed by atoms with Crippen LogP contribution in [0, 0.1) is 5.92 Å². The Morgan fingerprint density at radius 1 is 1.20 bits per heavy atom. The van der Waals surface area contributed by atoms with Gasteiger partial charge in [0.15, 0.2) is 5.96 Å². The van der Waals surface area contributed by atoms with Crippen LogP contribution in [0.4, 0.5) is 0 Å². The van der Waals surface area contributed by atoms with E-state index >= 15 is 0 Å². The van der Waals surface area contributed by atoms with E-state index in [1.165, 1.54) is 25.1 Å². The van der Waals surface area contributed by atoms with Crippen LogP contribution in [0.3, 0.4) is 0 Å². The molecule has 0 spiro atoms. The van der Waals surface area contributed by atoms with Gasteiger partial charge in [0.2, 0.25) is 0 Å². The maximum absolute atomic E-state index is 4.85. The average Bonchev–Trinajstić information content (AvgIpc) is 3.31. The Balaban J connectivity index is 1.41. The summed E-state index contributed by atoms with van der Waals surface area (Å²) in [6.07, 6.45) is 9.15. The van der Waals surface area contributed by atoms with Crippen LogP contribution in [0.5, 0.6) is 0 Å². The maximum atomic E-state index is 4.85. The smallest absolute Gasteiger partial charge is 0.191 e. The second-order valence-electron chi connectivity index (χ2n) is 7.19. The molecule has 0 amide bonds. The number of aliphatic imine (C=N–C) groups is 1. The first kappa shape index (κ1) is 18.0. The third-order valence-corrected chi connectivity index (χ3v) is 5.13. The van der Waals surface area contributed by atoms with E-state index in [4.69, 9.17) is 4.99 Å². The number of nitrogens with one attached hydrogen (secondary N) is 2. The molecule has 1 aromatic carbocycles. The van der Waals surface area contributed by atoms with E-state index in [-0.39, 0.29) is 0 Å². The molecule has 0 radical (unpaired) electrons.